The van der Waals surface area contributed by atoms with Crippen molar-refractivity contribution in [1.82, 2.24) is 9.55 Å². The lowest BCUT2D eigenvalue weighted by Crippen LogP contribution is -2.11. The van der Waals surface area contributed by atoms with Crippen molar-refractivity contribution >= 4 is 28.6 Å². The van der Waals surface area contributed by atoms with Gasteiger partial charge in [0.25, 0.3) is 0 Å². The second-order valence-electron chi connectivity index (χ2n) is 4.46. The van der Waals surface area contributed by atoms with Crippen molar-refractivity contribution in [3.63, 3.8) is 0 Å². The number of carbonyl (C=O) groups is 1. The Labute approximate surface area is 121 Å². The van der Waals surface area contributed by atoms with Gasteiger partial charge in [-0.2, -0.15) is 0 Å². The number of thioether (sulfide) groups is 1. The van der Waals surface area contributed by atoms with E-state index in [-0.39, 0.29) is 5.78 Å². The second-order valence-corrected chi connectivity index (χ2v) is 5.24. The van der Waals surface area contributed by atoms with Crippen LogP contribution in [0.1, 0.15) is 10.4 Å². The molecule has 0 unspecified atom stereocenters. The lowest BCUT2D eigenvalue weighted by atomic mass is 10.1. The molecule has 2 aromatic carbocycles. The lowest BCUT2D eigenvalue weighted by Gasteiger charge is -2.07. The van der Waals surface area contributed by atoms with E-state index >= 15 is 0 Å². The van der Waals surface area contributed by atoms with Crippen LogP contribution in [0, 0.1) is 0 Å². The molecule has 0 aliphatic carbocycles. The molecule has 0 saturated carbocycles. The van der Waals surface area contributed by atoms with Gasteiger partial charge in [0.1, 0.15) is 0 Å². The molecule has 0 bridgehead atoms. The Bertz CT molecular complexity index is 750. The molecule has 20 heavy (non-hydrogen) atoms. The number of Topliss-reactive ketones (excluding diaryl/α,β-unsaturated/α-hetero) is 1. The first-order chi connectivity index (χ1) is 9.79. The maximum Gasteiger partial charge on any atom is 0.182 e. The molecule has 0 N–H and O–H groups in total. The molecular weight excluding hydrogens is 268 g/mol. The Morgan fingerprint density at radius 2 is 1.80 bits per heavy atom. The average Bonchev–Trinajstić information content (AvgIpc) is 2.86. The highest BCUT2D eigenvalue weighted by molar-refractivity contribution is 7.98. The fraction of sp³-hybridized carbons (Fsp3) is 0.125. The Morgan fingerprint density at radius 3 is 2.55 bits per heavy atom. The van der Waals surface area contributed by atoms with Crippen LogP contribution in [0.2, 0.25) is 0 Å². The van der Waals surface area contributed by atoms with Gasteiger partial charge in [0.2, 0.25) is 0 Å². The maximum atomic E-state index is 12.4. The van der Waals surface area contributed by atoms with Gasteiger partial charge in [0.05, 0.1) is 17.6 Å². The number of hydrogen-bond acceptors (Lipinski definition) is 3. The van der Waals surface area contributed by atoms with Gasteiger partial charge in [-0.3, -0.25) is 4.79 Å². The van der Waals surface area contributed by atoms with E-state index in [0.29, 0.717) is 6.54 Å². The standard InChI is InChI=1S/C16H14N2OS/c1-20-16-17-13-9-5-6-10-14(13)18(16)11-15(19)12-7-3-2-4-8-12/h2-10H,11H2,1H3. The first-order valence-electron chi connectivity index (χ1n) is 6.37. The fourth-order valence-corrected chi connectivity index (χ4v) is 2.79. The van der Waals surface area contributed by atoms with Crippen molar-refractivity contribution < 1.29 is 4.79 Å². The molecule has 0 aliphatic heterocycles. The van der Waals surface area contributed by atoms with Crippen LogP contribution >= 0.6 is 11.8 Å². The highest BCUT2D eigenvalue weighted by Gasteiger charge is 2.13. The quantitative estimate of drug-likeness (QED) is 0.541. The van der Waals surface area contributed by atoms with Crippen LogP contribution in [-0.2, 0) is 6.54 Å². The van der Waals surface area contributed by atoms with Crippen molar-refractivity contribution in [2.45, 2.75) is 11.7 Å². The molecule has 0 saturated heterocycles. The number of hydrogen-bond donors (Lipinski definition) is 0. The first kappa shape index (κ1) is 12.9. The average molecular weight is 282 g/mol. The van der Waals surface area contributed by atoms with E-state index < -0.39 is 0 Å². The van der Waals surface area contributed by atoms with Gasteiger partial charge in [-0.1, -0.05) is 54.2 Å². The normalized spacial score (nSPS) is 10.8. The molecule has 0 spiro atoms. The largest absolute Gasteiger partial charge is 0.311 e. The Hall–Kier alpha value is -2.07. The second kappa shape index (κ2) is 5.51. The third-order valence-electron chi connectivity index (χ3n) is 3.20. The molecule has 0 amide bonds. The molecule has 0 aliphatic rings. The van der Waals surface area contributed by atoms with Crippen LogP contribution in [0.25, 0.3) is 11.0 Å². The van der Waals surface area contributed by atoms with E-state index in [4.69, 9.17) is 0 Å². The van der Waals surface area contributed by atoms with Gasteiger partial charge < -0.3 is 4.57 Å². The molecule has 4 heteroatoms. The van der Waals surface area contributed by atoms with E-state index in [2.05, 4.69) is 4.98 Å². The minimum Gasteiger partial charge on any atom is -0.311 e. The fourth-order valence-electron chi connectivity index (χ4n) is 2.22. The van der Waals surface area contributed by atoms with Gasteiger partial charge in [0.15, 0.2) is 10.9 Å². The Kier molecular flexibility index (Phi) is 3.56. The third kappa shape index (κ3) is 2.34. The molecule has 3 nitrogen and oxygen atoms in total. The number of benzene rings is 2. The first-order valence-corrected chi connectivity index (χ1v) is 7.59. The van der Waals surface area contributed by atoms with Crippen molar-refractivity contribution in [2.24, 2.45) is 0 Å². The van der Waals surface area contributed by atoms with Gasteiger partial charge >= 0.3 is 0 Å². The molecule has 3 aromatic rings. The van der Waals surface area contributed by atoms with Crippen LogP contribution in [0.5, 0.6) is 0 Å². The van der Waals surface area contributed by atoms with Crippen molar-refractivity contribution in [3.05, 3.63) is 60.2 Å². The number of imidazole rings is 1. The summed E-state index contributed by atoms with van der Waals surface area (Å²) in [6.07, 6.45) is 1.98. The van der Waals surface area contributed by atoms with Crippen LogP contribution in [-0.4, -0.2) is 21.6 Å². The van der Waals surface area contributed by atoms with Crippen LogP contribution in [0.15, 0.2) is 59.8 Å². The van der Waals surface area contributed by atoms with Gasteiger partial charge in [-0.25, -0.2) is 4.98 Å². The molecule has 0 radical (unpaired) electrons. The summed E-state index contributed by atoms with van der Waals surface area (Å²) in [5.41, 5.74) is 2.66. The Morgan fingerprint density at radius 1 is 1.10 bits per heavy atom. The summed E-state index contributed by atoms with van der Waals surface area (Å²) in [4.78, 5) is 16.9. The van der Waals surface area contributed by atoms with Crippen LogP contribution in [0.4, 0.5) is 0 Å². The Balaban J connectivity index is 2.00. The number of rotatable bonds is 4. The van der Waals surface area contributed by atoms with E-state index in [1.165, 1.54) is 0 Å². The zero-order valence-electron chi connectivity index (χ0n) is 11.1. The smallest absolute Gasteiger partial charge is 0.182 e. The van der Waals surface area contributed by atoms with Crippen molar-refractivity contribution in [3.8, 4) is 0 Å². The number of fused-ring (bicyclic) bond motifs is 1. The topological polar surface area (TPSA) is 34.9 Å². The minimum atomic E-state index is 0.101. The summed E-state index contributed by atoms with van der Waals surface area (Å²) >= 11 is 1.56. The highest BCUT2D eigenvalue weighted by atomic mass is 32.2. The van der Waals surface area contributed by atoms with Crippen LogP contribution in [0.3, 0.4) is 0 Å². The number of para-hydroxylation sites is 2. The number of carbonyl (C=O) groups excluding carboxylic acids is 1. The monoisotopic (exact) mass is 282 g/mol. The molecule has 1 aromatic heterocycles. The van der Waals surface area contributed by atoms with Crippen molar-refractivity contribution in [2.75, 3.05) is 6.26 Å². The zero-order valence-corrected chi connectivity index (χ0v) is 11.9. The predicted molar refractivity (Wildman–Crippen MR) is 82.3 cm³/mol. The van der Waals surface area contributed by atoms with Gasteiger partial charge in [-0.05, 0) is 18.4 Å². The van der Waals surface area contributed by atoms with Crippen LogP contribution < -0.4 is 0 Å². The van der Waals surface area contributed by atoms with E-state index in [9.17, 15) is 4.79 Å². The highest BCUT2D eigenvalue weighted by Crippen LogP contribution is 2.22. The molecular formula is C16H14N2OS. The van der Waals surface area contributed by atoms with Crippen molar-refractivity contribution in [1.29, 1.82) is 0 Å². The number of aromatic nitrogens is 2. The molecule has 0 atom stereocenters. The SMILES string of the molecule is CSc1nc2ccccc2n1CC(=O)c1ccccc1. The molecule has 1 heterocycles. The summed E-state index contributed by atoms with van der Waals surface area (Å²) in [5, 5.41) is 0.871. The molecule has 3 rings (SSSR count). The zero-order chi connectivity index (χ0) is 13.9. The molecule has 0 fully saturated rings. The predicted octanol–water partition coefficient (Wildman–Crippen LogP) is 3.64. The summed E-state index contributed by atoms with van der Waals surface area (Å²) in [6.45, 7) is 0.320. The lowest BCUT2D eigenvalue weighted by molar-refractivity contribution is 0.0970. The number of ketones is 1. The summed E-state index contributed by atoms with van der Waals surface area (Å²) in [5.74, 6) is 0.101. The summed E-state index contributed by atoms with van der Waals surface area (Å²) in [7, 11) is 0. The van der Waals surface area contributed by atoms with Gasteiger partial charge in [-0.15, -0.1) is 0 Å². The summed E-state index contributed by atoms with van der Waals surface area (Å²) in [6, 6.07) is 17.3. The third-order valence-corrected chi connectivity index (χ3v) is 3.88. The van der Waals surface area contributed by atoms with E-state index in [1.807, 2.05) is 65.4 Å². The van der Waals surface area contributed by atoms with Gasteiger partial charge in [0, 0.05) is 5.56 Å². The number of nitrogens with zero attached hydrogens (tertiary/aromatic N) is 2. The maximum absolute atomic E-state index is 12.4. The minimum absolute atomic E-state index is 0.101. The van der Waals surface area contributed by atoms with E-state index in [1.54, 1.807) is 11.8 Å². The van der Waals surface area contributed by atoms with E-state index in [0.717, 1.165) is 21.8 Å². The summed E-state index contributed by atoms with van der Waals surface area (Å²) < 4.78 is 1.98. The molecule has 100 valence electrons.